The molecule has 0 aliphatic rings. The Bertz CT molecular complexity index is 823. The zero-order valence-corrected chi connectivity index (χ0v) is 15.1. The lowest BCUT2D eigenvalue weighted by Crippen LogP contribution is -2.30. The van der Waals surface area contributed by atoms with Gasteiger partial charge in [0.2, 0.25) is 15.9 Å². The highest BCUT2D eigenvalue weighted by Gasteiger charge is 2.20. The fraction of sp³-hybridized carbons (Fsp3) is 0.235. The number of halogens is 1. The van der Waals surface area contributed by atoms with Crippen LogP contribution in [-0.4, -0.2) is 27.1 Å². The van der Waals surface area contributed by atoms with E-state index in [9.17, 15) is 13.2 Å². The van der Waals surface area contributed by atoms with E-state index in [-0.39, 0.29) is 18.1 Å². The molecule has 0 aromatic heterocycles. The normalized spacial score (nSPS) is 11.1. The molecule has 2 aromatic carbocycles. The van der Waals surface area contributed by atoms with Crippen LogP contribution in [0.3, 0.4) is 0 Å². The molecule has 0 unspecified atom stereocenters. The molecular formula is C17H19ClN2O3S. The zero-order valence-electron chi connectivity index (χ0n) is 13.5. The van der Waals surface area contributed by atoms with Crippen molar-refractivity contribution in [1.82, 2.24) is 0 Å². The SMILES string of the molecule is Cc1c(Cl)cccc1NC(=O)CCS(=O)(=O)N(C)c1ccccc1. The van der Waals surface area contributed by atoms with E-state index in [0.29, 0.717) is 16.4 Å². The Morgan fingerprint density at radius 1 is 1.12 bits per heavy atom. The first-order chi connectivity index (χ1) is 11.3. The number of para-hydroxylation sites is 1. The van der Waals surface area contributed by atoms with Crippen LogP contribution < -0.4 is 9.62 Å². The summed E-state index contributed by atoms with van der Waals surface area (Å²) >= 11 is 6.00. The Morgan fingerprint density at radius 3 is 2.46 bits per heavy atom. The number of benzene rings is 2. The molecule has 0 saturated carbocycles. The molecule has 24 heavy (non-hydrogen) atoms. The van der Waals surface area contributed by atoms with Crippen LogP contribution >= 0.6 is 11.6 Å². The number of sulfonamides is 1. The van der Waals surface area contributed by atoms with Gasteiger partial charge in [0.25, 0.3) is 0 Å². The number of rotatable bonds is 6. The minimum absolute atomic E-state index is 0.133. The van der Waals surface area contributed by atoms with Gasteiger partial charge in [0.05, 0.1) is 11.4 Å². The minimum Gasteiger partial charge on any atom is -0.326 e. The second-order valence-electron chi connectivity index (χ2n) is 5.33. The van der Waals surface area contributed by atoms with Gasteiger partial charge in [0, 0.05) is 24.2 Å². The second-order valence-corrected chi connectivity index (χ2v) is 7.86. The summed E-state index contributed by atoms with van der Waals surface area (Å²) in [6.07, 6.45) is -0.133. The third-order valence-corrected chi connectivity index (χ3v) is 5.84. The van der Waals surface area contributed by atoms with Crippen molar-refractivity contribution in [3.63, 3.8) is 0 Å². The molecule has 0 radical (unpaired) electrons. The van der Waals surface area contributed by atoms with E-state index in [4.69, 9.17) is 11.6 Å². The van der Waals surface area contributed by atoms with Gasteiger partial charge in [-0.15, -0.1) is 0 Å². The predicted octanol–water partition coefficient (Wildman–Crippen LogP) is 3.44. The van der Waals surface area contributed by atoms with Crippen LogP contribution in [0.15, 0.2) is 48.5 Å². The second kappa shape index (κ2) is 7.68. The summed E-state index contributed by atoms with van der Waals surface area (Å²) in [5, 5.41) is 3.24. The quantitative estimate of drug-likeness (QED) is 0.851. The van der Waals surface area contributed by atoms with Crippen LogP contribution in [0.25, 0.3) is 0 Å². The lowest BCUT2D eigenvalue weighted by atomic mass is 10.2. The maximum Gasteiger partial charge on any atom is 0.235 e. The van der Waals surface area contributed by atoms with Crippen molar-refractivity contribution in [2.45, 2.75) is 13.3 Å². The van der Waals surface area contributed by atoms with E-state index < -0.39 is 10.0 Å². The molecule has 0 aliphatic heterocycles. The minimum atomic E-state index is -3.57. The van der Waals surface area contributed by atoms with Crippen molar-refractivity contribution >= 4 is 38.9 Å². The third kappa shape index (κ3) is 4.49. The highest BCUT2D eigenvalue weighted by atomic mass is 35.5. The van der Waals surface area contributed by atoms with Gasteiger partial charge in [-0.05, 0) is 36.8 Å². The number of nitrogens with one attached hydrogen (secondary N) is 1. The topological polar surface area (TPSA) is 66.5 Å². The van der Waals surface area contributed by atoms with E-state index in [1.807, 2.05) is 6.07 Å². The van der Waals surface area contributed by atoms with Crippen LogP contribution in [0.2, 0.25) is 5.02 Å². The van der Waals surface area contributed by atoms with Crippen LogP contribution in [0, 0.1) is 6.92 Å². The lowest BCUT2D eigenvalue weighted by Gasteiger charge is -2.19. The first kappa shape index (κ1) is 18.3. The first-order valence-corrected chi connectivity index (χ1v) is 9.36. The number of amides is 1. The number of carbonyl (C=O) groups excluding carboxylic acids is 1. The van der Waals surface area contributed by atoms with Gasteiger partial charge >= 0.3 is 0 Å². The monoisotopic (exact) mass is 366 g/mol. The third-order valence-electron chi connectivity index (χ3n) is 3.67. The molecule has 0 fully saturated rings. The molecule has 5 nitrogen and oxygen atoms in total. The van der Waals surface area contributed by atoms with Crippen LogP contribution in [0.5, 0.6) is 0 Å². The predicted molar refractivity (Wildman–Crippen MR) is 98.1 cm³/mol. The van der Waals surface area contributed by atoms with E-state index in [0.717, 1.165) is 5.56 Å². The fourth-order valence-corrected chi connectivity index (χ4v) is 3.45. The average molecular weight is 367 g/mol. The molecule has 1 amide bonds. The Labute approximate surface area is 147 Å². The zero-order chi connectivity index (χ0) is 17.7. The summed E-state index contributed by atoms with van der Waals surface area (Å²) in [5.41, 5.74) is 1.89. The Hall–Kier alpha value is -2.05. The summed E-state index contributed by atoms with van der Waals surface area (Å²) in [5.74, 6) is -0.644. The molecule has 1 N–H and O–H groups in total. The Kier molecular flexibility index (Phi) is 5.85. The van der Waals surface area contributed by atoms with E-state index in [1.165, 1.54) is 11.4 Å². The number of hydrogen-bond acceptors (Lipinski definition) is 3. The van der Waals surface area contributed by atoms with Gasteiger partial charge < -0.3 is 5.32 Å². The van der Waals surface area contributed by atoms with Gasteiger partial charge in [0.15, 0.2) is 0 Å². The van der Waals surface area contributed by atoms with Crippen molar-refractivity contribution in [2.75, 3.05) is 22.4 Å². The number of hydrogen-bond donors (Lipinski definition) is 1. The van der Waals surface area contributed by atoms with Crippen molar-refractivity contribution in [1.29, 1.82) is 0 Å². The van der Waals surface area contributed by atoms with Crippen LogP contribution in [0.1, 0.15) is 12.0 Å². The standard InChI is InChI=1S/C17H19ClN2O3S/c1-13-15(18)9-6-10-16(13)19-17(21)11-12-24(22,23)20(2)14-7-4-3-5-8-14/h3-10H,11-12H2,1-2H3,(H,19,21). The summed E-state index contributed by atoms with van der Waals surface area (Å²) in [7, 11) is -2.10. The van der Waals surface area contributed by atoms with E-state index in [2.05, 4.69) is 5.32 Å². The number of carbonyl (C=O) groups is 1. The smallest absolute Gasteiger partial charge is 0.235 e. The Morgan fingerprint density at radius 2 is 1.79 bits per heavy atom. The van der Waals surface area contributed by atoms with Gasteiger partial charge in [-0.2, -0.15) is 0 Å². The summed E-state index contributed by atoms with van der Waals surface area (Å²) in [4.78, 5) is 12.0. The van der Waals surface area contributed by atoms with Gasteiger partial charge in [0.1, 0.15) is 0 Å². The number of anilines is 2. The van der Waals surface area contributed by atoms with Gasteiger partial charge in [-0.25, -0.2) is 8.42 Å². The maximum absolute atomic E-state index is 12.3. The molecule has 2 rings (SSSR count). The van der Waals surface area contributed by atoms with Gasteiger partial charge in [-0.1, -0.05) is 35.9 Å². The summed E-state index contributed by atoms with van der Waals surface area (Å²) in [6.45, 7) is 1.79. The molecule has 0 bridgehead atoms. The number of nitrogens with zero attached hydrogens (tertiary/aromatic N) is 1. The van der Waals surface area contributed by atoms with E-state index in [1.54, 1.807) is 49.4 Å². The molecule has 0 heterocycles. The maximum atomic E-state index is 12.3. The van der Waals surface area contributed by atoms with Crippen molar-refractivity contribution in [3.05, 3.63) is 59.1 Å². The summed E-state index contributed by atoms with van der Waals surface area (Å²) in [6, 6.07) is 13.9. The summed E-state index contributed by atoms with van der Waals surface area (Å²) < 4.78 is 25.9. The molecule has 7 heteroatoms. The highest BCUT2D eigenvalue weighted by molar-refractivity contribution is 7.92. The molecule has 0 saturated heterocycles. The molecule has 2 aromatic rings. The van der Waals surface area contributed by atoms with Crippen molar-refractivity contribution < 1.29 is 13.2 Å². The molecule has 0 atom stereocenters. The Balaban J connectivity index is 1.99. The average Bonchev–Trinajstić information content (AvgIpc) is 2.57. The fourth-order valence-electron chi connectivity index (χ4n) is 2.11. The van der Waals surface area contributed by atoms with Crippen molar-refractivity contribution in [2.24, 2.45) is 0 Å². The molecular weight excluding hydrogens is 348 g/mol. The lowest BCUT2D eigenvalue weighted by molar-refractivity contribution is -0.115. The van der Waals surface area contributed by atoms with E-state index >= 15 is 0 Å². The largest absolute Gasteiger partial charge is 0.326 e. The highest BCUT2D eigenvalue weighted by Crippen LogP contribution is 2.23. The van der Waals surface area contributed by atoms with Crippen molar-refractivity contribution in [3.8, 4) is 0 Å². The molecule has 128 valence electrons. The van der Waals surface area contributed by atoms with Gasteiger partial charge in [-0.3, -0.25) is 9.10 Å². The van der Waals surface area contributed by atoms with Crippen LogP contribution in [0.4, 0.5) is 11.4 Å². The first-order valence-electron chi connectivity index (χ1n) is 7.38. The van der Waals surface area contributed by atoms with Crippen LogP contribution in [-0.2, 0) is 14.8 Å². The molecule has 0 aliphatic carbocycles. The molecule has 0 spiro atoms.